The van der Waals surface area contributed by atoms with Crippen molar-refractivity contribution in [1.29, 1.82) is 0 Å². The van der Waals surface area contributed by atoms with Gasteiger partial charge in [0.2, 0.25) is 5.91 Å². The lowest BCUT2D eigenvalue weighted by atomic mass is 10.1. The maximum atomic E-state index is 12.9. The summed E-state index contributed by atoms with van der Waals surface area (Å²) >= 11 is 6.13. The lowest BCUT2D eigenvalue weighted by molar-refractivity contribution is -0.130. The highest BCUT2D eigenvalue weighted by Gasteiger charge is 2.14. The molecule has 0 aliphatic carbocycles. The Balaban J connectivity index is 2.05. The maximum absolute atomic E-state index is 12.9. The lowest BCUT2D eigenvalue weighted by Gasteiger charge is -2.21. The zero-order valence-corrected chi connectivity index (χ0v) is 12.6. The van der Waals surface area contributed by atoms with Crippen molar-refractivity contribution in [1.82, 2.24) is 4.90 Å². The molecule has 2 aromatic rings. The minimum atomic E-state index is -0.297. The topological polar surface area (TPSA) is 20.3 Å². The fourth-order valence-electron chi connectivity index (χ4n) is 2.10. The van der Waals surface area contributed by atoms with Gasteiger partial charge >= 0.3 is 0 Å². The summed E-state index contributed by atoms with van der Waals surface area (Å²) in [5.74, 6) is -0.293. The van der Waals surface area contributed by atoms with E-state index in [1.807, 2.05) is 31.2 Å². The number of halogens is 2. The number of nitrogens with zero attached hydrogens (tertiary/aromatic N) is 1. The average Bonchev–Trinajstić information content (AvgIpc) is 2.48. The Morgan fingerprint density at radius 2 is 1.81 bits per heavy atom. The number of amides is 1. The summed E-state index contributed by atoms with van der Waals surface area (Å²) in [4.78, 5) is 14.1. The monoisotopic (exact) mass is 305 g/mol. The van der Waals surface area contributed by atoms with E-state index in [0.29, 0.717) is 18.1 Å². The van der Waals surface area contributed by atoms with Crippen LogP contribution in [0.15, 0.2) is 48.5 Å². The lowest BCUT2D eigenvalue weighted by Crippen LogP contribution is -2.31. The van der Waals surface area contributed by atoms with E-state index in [-0.39, 0.29) is 18.1 Å². The van der Waals surface area contributed by atoms with Crippen LogP contribution in [0.25, 0.3) is 0 Å². The fourth-order valence-corrected chi connectivity index (χ4v) is 2.29. The smallest absolute Gasteiger partial charge is 0.227 e. The molecule has 2 rings (SSSR count). The largest absolute Gasteiger partial charge is 0.338 e. The Labute approximate surface area is 129 Å². The maximum Gasteiger partial charge on any atom is 0.227 e. The molecule has 2 nitrogen and oxygen atoms in total. The molecule has 21 heavy (non-hydrogen) atoms. The highest BCUT2D eigenvalue weighted by atomic mass is 35.5. The number of likely N-dealkylation sites (N-methyl/N-ethyl adjacent to an activating group) is 1. The van der Waals surface area contributed by atoms with Crippen molar-refractivity contribution >= 4 is 17.5 Å². The molecule has 110 valence electrons. The van der Waals surface area contributed by atoms with E-state index in [4.69, 9.17) is 11.6 Å². The van der Waals surface area contributed by atoms with Crippen LogP contribution < -0.4 is 0 Å². The summed E-state index contributed by atoms with van der Waals surface area (Å²) in [5, 5.41) is 0.658. The van der Waals surface area contributed by atoms with Gasteiger partial charge in [-0.1, -0.05) is 41.9 Å². The summed E-state index contributed by atoms with van der Waals surface area (Å²) in [6, 6.07) is 13.5. The first kappa shape index (κ1) is 15.5. The molecule has 0 unspecified atom stereocenters. The highest BCUT2D eigenvalue weighted by Crippen LogP contribution is 2.17. The van der Waals surface area contributed by atoms with Crippen LogP contribution in [0.3, 0.4) is 0 Å². The predicted molar refractivity (Wildman–Crippen MR) is 82.6 cm³/mol. The van der Waals surface area contributed by atoms with Crippen molar-refractivity contribution in [2.24, 2.45) is 0 Å². The Kier molecular flexibility index (Phi) is 5.34. The molecule has 0 atom stereocenters. The molecular formula is C17H17ClFNO. The van der Waals surface area contributed by atoms with E-state index in [2.05, 4.69) is 0 Å². The van der Waals surface area contributed by atoms with Crippen molar-refractivity contribution < 1.29 is 9.18 Å². The molecule has 0 aliphatic heterocycles. The van der Waals surface area contributed by atoms with Crippen LogP contribution in [0.5, 0.6) is 0 Å². The van der Waals surface area contributed by atoms with Crippen LogP contribution >= 0.6 is 11.6 Å². The van der Waals surface area contributed by atoms with Gasteiger partial charge in [-0.25, -0.2) is 4.39 Å². The predicted octanol–water partition coefficient (Wildman–Crippen LogP) is 4.07. The molecule has 0 aliphatic rings. The number of benzene rings is 2. The number of hydrogen-bond donors (Lipinski definition) is 0. The Bertz CT molecular complexity index is 612. The van der Waals surface area contributed by atoms with Crippen molar-refractivity contribution in [3.63, 3.8) is 0 Å². The molecule has 0 radical (unpaired) electrons. The van der Waals surface area contributed by atoms with E-state index in [0.717, 1.165) is 11.1 Å². The summed E-state index contributed by atoms with van der Waals surface area (Å²) < 4.78 is 12.9. The molecule has 0 fully saturated rings. The van der Waals surface area contributed by atoms with Gasteiger partial charge in [-0.05, 0) is 36.2 Å². The summed E-state index contributed by atoms with van der Waals surface area (Å²) in [6.07, 6.45) is 0.262. The second-order valence-corrected chi connectivity index (χ2v) is 5.21. The molecule has 0 aromatic heterocycles. The molecule has 0 saturated heterocycles. The van der Waals surface area contributed by atoms with Crippen LogP contribution in [0.2, 0.25) is 5.02 Å². The van der Waals surface area contributed by atoms with Crippen LogP contribution in [0.4, 0.5) is 4.39 Å². The van der Waals surface area contributed by atoms with Gasteiger partial charge in [0.1, 0.15) is 5.82 Å². The van der Waals surface area contributed by atoms with Crippen LogP contribution in [-0.2, 0) is 17.8 Å². The van der Waals surface area contributed by atoms with Crippen molar-refractivity contribution in [3.8, 4) is 0 Å². The Morgan fingerprint density at radius 1 is 1.14 bits per heavy atom. The number of rotatable bonds is 5. The molecule has 0 heterocycles. The third kappa shape index (κ3) is 4.30. The quantitative estimate of drug-likeness (QED) is 0.815. The van der Waals surface area contributed by atoms with Crippen molar-refractivity contribution in [2.45, 2.75) is 19.9 Å². The number of hydrogen-bond acceptors (Lipinski definition) is 1. The Hall–Kier alpha value is -1.87. The van der Waals surface area contributed by atoms with Gasteiger partial charge < -0.3 is 4.90 Å². The first-order valence-electron chi connectivity index (χ1n) is 6.85. The highest BCUT2D eigenvalue weighted by molar-refractivity contribution is 6.31. The second-order valence-electron chi connectivity index (χ2n) is 4.80. The first-order valence-corrected chi connectivity index (χ1v) is 7.23. The van der Waals surface area contributed by atoms with Crippen LogP contribution in [0.1, 0.15) is 18.1 Å². The van der Waals surface area contributed by atoms with Gasteiger partial charge in [0.15, 0.2) is 0 Å². The number of carbonyl (C=O) groups is 1. The summed E-state index contributed by atoms with van der Waals surface area (Å²) in [6.45, 7) is 3.01. The van der Waals surface area contributed by atoms with Crippen molar-refractivity contribution in [2.75, 3.05) is 6.54 Å². The molecule has 4 heteroatoms. The third-order valence-corrected chi connectivity index (χ3v) is 3.69. The van der Waals surface area contributed by atoms with Gasteiger partial charge in [0, 0.05) is 18.1 Å². The minimum Gasteiger partial charge on any atom is -0.338 e. The van der Waals surface area contributed by atoms with Gasteiger partial charge in [-0.2, -0.15) is 0 Å². The van der Waals surface area contributed by atoms with E-state index in [1.165, 1.54) is 12.1 Å². The molecule has 0 saturated carbocycles. The van der Waals surface area contributed by atoms with E-state index < -0.39 is 0 Å². The van der Waals surface area contributed by atoms with Gasteiger partial charge in [-0.3, -0.25) is 4.79 Å². The molecule has 0 bridgehead atoms. The number of carbonyl (C=O) groups excluding carboxylic acids is 1. The third-order valence-electron chi connectivity index (χ3n) is 3.32. The van der Waals surface area contributed by atoms with Gasteiger partial charge in [0.05, 0.1) is 6.42 Å². The van der Waals surface area contributed by atoms with E-state index >= 15 is 0 Å². The normalized spacial score (nSPS) is 10.4. The van der Waals surface area contributed by atoms with Gasteiger partial charge in [0.25, 0.3) is 0 Å². The summed E-state index contributed by atoms with van der Waals surface area (Å²) in [5.41, 5.74) is 1.73. The SMILES string of the molecule is CCN(Cc1ccccc1Cl)C(=O)Cc1ccc(F)cc1. The summed E-state index contributed by atoms with van der Waals surface area (Å²) in [7, 11) is 0. The van der Waals surface area contributed by atoms with Crippen LogP contribution in [-0.4, -0.2) is 17.4 Å². The Morgan fingerprint density at radius 3 is 2.43 bits per heavy atom. The minimum absolute atomic E-state index is 0.00373. The van der Waals surface area contributed by atoms with Gasteiger partial charge in [-0.15, -0.1) is 0 Å². The molecule has 0 spiro atoms. The molecule has 2 aromatic carbocycles. The molecule has 1 amide bonds. The molecule has 0 N–H and O–H groups in total. The molecular weight excluding hydrogens is 289 g/mol. The van der Waals surface area contributed by atoms with E-state index in [9.17, 15) is 9.18 Å². The first-order chi connectivity index (χ1) is 10.1. The zero-order valence-electron chi connectivity index (χ0n) is 11.9. The fraction of sp³-hybridized carbons (Fsp3) is 0.235. The average molecular weight is 306 g/mol. The second kappa shape index (κ2) is 7.23. The zero-order chi connectivity index (χ0) is 15.2. The van der Waals surface area contributed by atoms with E-state index in [1.54, 1.807) is 17.0 Å². The van der Waals surface area contributed by atoms with Crippen LogP contribution in [0, 0.1) is 5.82 Å². The standard InChI is InChI=1S/C17H17ClFNO/c1-2-20(12-14-5-3-4-6-16(14)18)17(21)11-13-7-9-15(19)10-8-13/h3-10H,2,11-12H2,1H3. The van der Waals surface area contributed by atoms with Crippen molar-refractivity contribution in [3.05, 3.63) is 70.5 Å².